The number of hydrogen-bond acceptors (Lipinski definition) is 3. The molecule has 2 aromatic rings. The largest absolute Gasteiger partial charge is 0.328 e. The van der Waals surface area contributed by atoms with Crippen molar-refractivity contribution >= 4 is 11.6 Å². The molecular formula is C19H26ClNO2. The lowest BCUT2D eigenvalue weighted by Gasteiger charge is -2.05. The highest BCUT2D eigenvalue weighted by atomic mass is 35.5. The van der Waals surface area contributed by atoms with E-state index in [-0.39, 0.29) is 0 Å². The first kappa shape index (κ1) is 19.7. The van der Waals surface area contributed by atoms with Crippen molar-refractivity contribution in [2.45, 2.75) is 26.7 Å². The Kier molecular flexibility index (Phi) is 9.57. The lowest BCUT2D eigenvalue weighted by Crippen LogP contribution is -2.07. The van der Waals surface area contributed by atoms with E-state index in [1.807, 2.05) is 6.07 Å². The summed E-state index contributed by atoms with van der Waals surface area (Å²) in [6, 6.07) is 15.0. The number of nitrogens with two attached hydrogens (primary N) is 1. The standard InChI is InChI=1S/C16H17Cl.C3H9NO2/c1-12-3-5-14(6-4-12)7-8-15-9-13(2)10-16(17)11-15;1-5-6-3-2-4/h3-6,9-11H,7-8H2,1-2H3;2-4H2,1H3. The van der Waals surface area contributed by atoms with Gasteiger partial charge in [0.15, 0.2) is 0 Å². The van der Waals surface area contributed by atoms with Crippen LogP contribution in [0, 0.1) is 13.8 Å². The van der Waals surface area contributed by atoms with Gasteiger partial charge in [-0.1, -0.05) is 47.5 Å². The predicted molar refractivity (Wildman–Crippen MR) is 96.8 cm³/mol. The van der Waals surface area contributed by atoms with Gasteiger partial charge >= 0.3 is 0 Å². The summed E-state index contributed by atoms with van der Waals surface area (Å²) >= 11 is 6.05. The summed E-state index contributed by atoms with van der Waals surface area (Å²) in [4.78, 5) is 8.56. The fourth-order valence-corrected chi connectivity index (χ4v) is 2.44. The van der Waals surface area contributed by atoms with Crippen molar-refractivity contribution in [3.05, 3.63) is 69.7 Å². The van der Waals surface area contributed by atoms with Crippen LogP contribution < -0.4 is 5.73 Å². The molecule has 2 rings (SSSR count). The third-order valence-corrected chi connectivity index (χ3v) is 3.46. The zero-order valence-corrected chi connectivity index (χ0v) is 14.9. The second-order valence-electron chi connectivity index (χ2n) is 5.40. The van der Waals surface area contributed by atoms with Crippen LogP contribution in [-0.2, 0) is 22.6 Å². The molecule has 0 unspecified atom stereocenters. The fraction of sp³-hybridized carbons (Fsp3) is 0.368. The summed E-state index contributed by atoms with van der Waals surface area (Å²) in [7, 11) is 1.45. The zero-order valence-electron chi connectivity index (χ0n) is 14.1. The molecule has 3 nitrogen and oxygen atoms in total. The van der Waals surface area contributed by atoms with Crippen LogP contribution in [0.4, 0.5) is 0 Å². The molecule has 0 amide bonds. The zero-order chi connectivity index (χ0) is 17.1. The van der Waals surface area contributed by atoms with Crippen LogP contribution >= 0.6 is 11.6 Å². The third-order valence-electron chi connectivity index (χ3n) is 3.24. The molecule has 0 fully saturated rings. The van der Waals surface area contributed by atoms with E-state index in [9.17, 15) is 0 Å². The van der Waals surface area contributed by atoms with E-state index in [1.165, 1.54) is 29.4 Å². The fourth-order valence-electron chi connectivity index (χ4n) is 2.13. The van der Waals surface area contributed by atoms with Gasteiger partial charge in [-0.2, -0.15) is 0 Å². The van der Waals surface area contributed by atoms with E-state index >= 15 is 0 Å². The Balaban J connectivity index is 0.000000379. The van der Waals surface area contributed by atoms with Gasteiger partial charge in [-0.15, -0.1) is 0 Å². The molecular weight excluding hydrogens is 310 g/mol. The Morgan fingerprint density at radius 3 is 2.09 bits per heavy atom. The minimum Gasteiger partial charge on any atom is -0.328 e. The molecule has 2 aromatic carbocycles. The van der Waals surface area contributed by atoms with Crippen LogP contribution in [0.3, 0.4) is 0 Å². The van der Waals surface area contributed by atoms with E-state index in [1.54, 1.807) is 0 Å². The lowest BCUT2D eigenvalue weighted by atomic mass is 10.0. The number of benzene rings is 2. The first-order valence-corrected chi connectivity index (χ1v) is 8.10. The van der Waals surface area contributed by atoms with Gasteiger partial charge < -0.3 is 5.73 Å². The monoisotopic (exact) mass is 335 g/mol. The van der Waals surface area contributed by atoms with E-state index in [2.05, 4.69) is 60.0 Å². The molecule has 0 aliphatic rings. The molecule has 0 aliphatic carbocycles. The second kappa shape index (κ2) is 11.2. The molecule has 23 heavy (non-hydrogen) atoms. The Labute approximate surface area is 144 Å². The van der Waals surface area contributed by atoms with Crippen molar-refractivity contribution in [3.8, 4) is 0 Å². The summed E-state index contributed by atoms with van der Waals surface area (Å²) in [6.07, 6.45) is 2.12. The molecule has 0 spiro atoms. The van der Waals surface area contributed by atoms with Crippen molar-refractivity contribution < 1.29 is 9.78 Å². The van der Waals surface area contributed by atoms with Crippen molar-refractivity contribution in [2.75, 3.05) is 20.3 Å². The van der Waals surface area contributed by atoms with E-state index in [0.29, 0.717) is 13.2 Å². The van der Waals surface area contributed by atoms with Crippen LogP contribution in [0.15, 0.2) is 42.5 Å². The molecule has 0 bridgehead atoms. The Morgan fingerprint density at radius 2 is 1.57 bits per heavy atom. The van der Waals surface area contributed by atoms with Crippen molar-refractivity contribution in [1.29, 1.82) is 0 Å². The van der Waals surface area contributed by atoms with Crippen LogP contribution in [0.5, 0.6) is 0 Å². The van der Waals surface area contributed by atoms with E-state index in [4.69, 9.17) is 17.3 Å². The van der Waals surface area contributed by atoms with Gasteiger partial charge in [0.1, 0.15) is 0 Å². The van der Waals surface area contributed by atoms with Gasteiger partial charge in [-0.05, 0) is 55.5 Å². The van der Waals surface area contributed by atoms with Gasteiger partial charge in [0.25, 0.3) is 0 Å². The molecule has 2 N–H and O–H groups in total. The van der Waals surface area contributed by atoms with Crippen LogP contribution in [-0.4, -0.2) is 20.3 Å². The van der Waals surface area contributed by atoms with Crippen molar-refractivity contribution in [1.82, 2.24) is 0 Å². The Hall–Kier alpha value is -1.39. The third kappa shape index (κ3) is 8.72. The lowest BCUT2D eigenvalue weighted by molar-refractivity contribution is -0.269. The summed E-state index contributed by atoms with van der Waals surface area (Å²) in [5.74, 6) is 0. The summed E-state index contributed by atoms with van der Waals surface area (Å²) in [6.45, 7) is 5.18. The maximum atomic E-state index is 6.05. The SMILES string of the molecule is COOCCN.Cc1ccc(CCc2cc(C)cc(Cl)c2)cc1. The van der Waals surface area contributed by atoms with Gasteiger partial charge in [-0.25, -0.2) is 9.78 Å². The van der Waals surface area contributed by atoms with Gasteiger partial charge in [0, 0.05) is 11.6 Å². The minimum atomic E-state index is 0.469. The highest BCUT2D eigenvalue weighted by Crippen LogP contribution is 2.16. The molecule has 0 radical (unpaired) electrons. The average Bonchev–Trinajstić information content (AvgIpc) is 2.52. The summed E-state index contributed by atoms with van der Waals surface area (Å²) in [5.41, 5.74) is 10.3. The number of rotatable bonds is 6. The maximum absolute atomic E-state index is 6.05. The van der Waals surface area contributed by atoms with Gasteiger partial charge in [0.05, 0.1) is 13.7 Å². The smallest absolute Gasteiger partial charge is 0.0944 e. The highest BCUT2D eigenvalue weighted by molar-refractivity contribution is 6.30. The topological polar surface area (TPSA) is 44.5 Å². The summed E-state index contributed by atoms with van der Waals surface area (Å²) < 4.78 is 0. The highest BCUT2D eigenvalue weighted by Gasteiger charge is 1.99. The first-order valence-electron chi connectivity index (χ1n) is 7.72. The van der Waals surface area contributed by atoms with E-state index in [0.717, 1.165) is 17.9 Å². The molecule has 4 heteroatoms. The molecule has 0 saturated carbocycles. The van der Waals surface area contributed by atoms with Crippen LogP contribution in [0.1, 0.15) is 22.3 Å². The predicted octanol–water partition coefficient (Wildman–Crippen LogP) is 4.27. The number of aryl methyl sites for hydroxylation is 4. The first-order chi connectivity index (χ1) is 11.0. The summed E-state index contributed by atoms with van der Waals surface area (Å²) in [5, 5.41) is 0.837. The Morgan fingerprint density at radius 1 is 0.913 bits per heavy atom. The molecule has 0 heterocycles. The maximum Gasteiger partial charge on any atom is 0.0944 e. The minimum absolute atomic E-state index is 0.469. The van der Waals surface area contributed by atoms with Crippen molar-refractivity contribution in [3.63, 3.8) is 0 Å². The molecule has 0 aromatic heterocycles. The average molecular weight is 336 g/mol. The number of hydrogen-bond donors (Lipinski definition) is 1. The quantitative estimate of drug-likeness (QED) is 0.487. The van der Waals surface area contributed by atoms with Gasteiger partial charge in [0.2, 0.25) is 0 Å². The normalized spacial score (nSPS) is 10.1. The molecule has 0 atom stereocenters. The number of halogens is 1. The molecule has 0 saturated heterocycles. The van der Waals surface area contributed by atoms with E-state index < -0.39 is 0 Å². The van der Waals surface area contributed by atoms with Crippen LogP contribution in [0.25, 0.3) is 0 Å². The molecule has 126 valence electrons. The van der Waals surface area contributed by atoms with Crippen LogP contribution in [0.2, 0.25) is 5.02 Å². The second-order valence-corrected chi connectivity index (χ2v) is 5.84. The Bertz CT molecular complexity index is 546. The van der Waals surface area contributed by atoms with Gasteiger partial charge in [-0.3, -0.25) is 0 Å². The van der Waals surface area contributed by atoms with Crippen molar-refractivity contribution in [2.24, 2.45) is 5.73 Å². The molecule has 0 aliphatic heterocycles.